The van der Waals surface area contributed by atoms with Crippen LogP contribution in [-0.2, 0) is 6.54 Å². The highest BCUT2D eigenvalue weighted by molar-refractivity contribution is 14.0. The second kappa shape index (κ2) is 9.70. The molecule has 0 spiro atoms. The SMILES string of the molecule is CCC1CCC(NC(=NC)NCc2nc(C)c(C)s2)CC1.I. The number of hydrogen-bond acceptors (Lipinski definition) is 3. The number of aromatic nitrogens is 1. The summed E-state index contributed by atoms with van der Waals surface area (Å²) < 4.78 is 0. The first kappa shape index (κ1) is 19.7. The van der Waals surface area contributed by atoms with Crippen LogP contribution in [-0.4, -0.2) is 24.0 Å². The largest absolute Gasteiger partial charge is 0.354 e. The second-order valence-corrected chi connectivity index (χ2v) is 7.23. The van der Waals surface area contributed by atoms with E-state index in [0.29, 0.717) is 6.04 Å². The fraction of sp³-hybridized carbons (Fsp3) is 0.750. The number of aliphatic imine (C=N–C) groups is 1. The van der Waals surface area contributed by atoms with E-state index < -0.39 is 0 Å². The molecule has 1 heterocycles. The van der Waals surface area contributed by atoms with Crippen molar-refractivity contribution >= 4 is 41.3 Å². The van der Waals surface area contributed by atoms with Crippen LogP contribution in [0.2, 0.25) is 0 Å². The van der Waals surface area contributed by atoms with E-state index in [-0.39, 0.29) is 24.0 Å². The van der Waals surface area contributed by atoms with Gasteiger partial charge in [0.15, 0.2) is 5.96 Å². The highest BCUT2D eigenvalue weighted by Gasteiger charge is 2.20. The number of nitrogens with one attached hydrogen (secondary N) is 2. The molecule has 0 aromatic carbocycles. The van der Waals surface area contributed by atoms with Gasteiger partial charge in [0.1, 0.15) is 5.01 Å². The fourth-order valence-electron chi connectivity index (χ4n) is 2.88. The minimum absolute atomic E-state index is 0. The van der Waals surface area contributed by atoms with Crippen LogP contribution in [0.5, 0.6) is 0 Å². The Hall–Kier alpha value is -0.370. The molecule has 4 nitrogen and oxygen atoms in total. The third kappa shape index (κ3) is 5.68. The number of hydrogen-bond donors (Lipinski definition) is 2. The van der Waals surface area contributed by atoms with Gasteiger partial charge in [0.05, 0.1) is 12.2 Å². The second-order valence-electron chi connectivity index (χ2n) is 5.95. The smallest absolute Gasteiger partial charge is 0.191 e. The monoisotopic (exact) mass is 436 g/mol. The quantitative estimate of drug-likeness (QED) is 0.426. The highest BCUT2D eigenvalue weighted by atomic mass is 127. The Kier molecular flexibility index (Phi) is 8.67. The fourth-order valence-corrected chi connectivity index (χ4v) is 3.75. The van der Waals surface area contributed by atoms with Crippen molar-refractivity contribution in [3.63, 3.8) is 0 Å². The Morgan fingerprint density at radius 1 is 1.27 bits per heavy atom. The first-order valence-electron chi connectivity index (χ1n) is 8.02. The molecule has 1 aliphatic carbocycles. The molecule has 1 aromatic rings. The number of thiazole rings is 1. The van der Waals surface area contributed by atoms with Crippen LogP contribution in [0.15, 0.2) is 4.99 Å². The van der Waals surface area contributed by atoms with Crippen molar-refractivity contribution in [2.75, 3.05) is 7.05 Å². The molecule has 1 aliphatic rings. The van der Waals surface area contributed by atoms with Crippen molar-refractivity contribution in [2.24, 2.45) is 10.9 Å². The summed E-state index contributed by atoms with van der Waals surface area (Å²) in [5.74, 6) is 1.83. The van der Waals surface area contributed by atoms with Gasteiger partial charge in [-0.2, -0.15) is 0 Å². The van der Waals surface area contributed by atoms with Crippen molar-refractivity contribution in [2.45, 2.75) is 65.5 Å². The lowest BCUT2D eigenvalue weighted by Crippen LogP contribution is -2.44. The third-order valence-electron chi connectivity index (χ3n) is 4.47. The van der Waals surface area contributed by atoms with Crippen molar-refractivity contribution in [3.05, 3.63) is 15.6 Å². The van der Waals surface area contributed by atoms with Crippen molar-refractivity contribution in [1.82, 2.24) is 15.6 Å². The summed E-state index contributed by atoms with van der Waals surface area (Å²) >= 11 is 1.76. The average molecular weight is 436 g/mol. The predicted octanol–water partition coefficient (Wildman–Crippen LogP) is 4.01. The molecule has 0 bridgehead atoms. The van der Waals surface area contributed by atoms with Crippen molar-refractivity contribution in [1.29, 1.82) is 0 Å². The van der Waals surface area contributed by atoms with Crippen LogP contribution in [0.3, 0.4) is 0 Å². The highest BCUT2D eigenvalue weighted by Crippen LogP contribution is 2.26. The van der Waals surface area contributed by atoms with Gasteiger partial charge in [-0.25, -0.2) is 4.98 Å². The maximum absolute atomic E-state index is 4.56. The van der Waals surface area contributed by atoms with Crippen LogP contribution in [0.1, 0.15) is 54.6 Å². The van der Waals surface area contributed by atoms with E-state index >= 15 is 0 Å². The zero-order valence-electron chi connectivity index (χ0n) is 14.1. The van der Waals surface area contributed by atoms with Gasteiger partial charge in [0, 0.05) is 18.0 Å². The Labute approximate surface area is 155 Å². The van der Waals surface area contributed by atoms with Crippen molar-refractivity contribution in [3.8, 4) is 0 Å². The lowest BCUT2D eigenvalue weighted by Gasteiger charge is -2.29. The number of aryl methyl sites for hydroxylation is 2. The molecule has 6 heteroatoms. The summed E-state index contributed by atoms with van der Waals surface area (Å²) in [6.07, 6.45) is 6.53. The van der Waals surface area contributed by atoms with Crippen LogP contribution >= 0.6 is 35.3 Å². The maximum atomic E-state index is 4.56. The molecule has 22 heavy (non-hydrogen) atoms. The minimum atomic E-state index is 0. The van der Waals surface area contributed by atoms with Crippen LogP contribution in [0, 0.1) is 19.8 Å². The predicted molar refractivity (Wildman–Crippen MR) is 106 cm³/mol. The van der Waals surface area contributed by atoms with Gasteiger partial charge in [0.2, 0.25) is 0 Å². The van der Waals surface area contributed by atoms with E-state index in [2.05, 4.69) is 41.4 Å². The zero-order chi connectivity index (χ0) is 15.2. The molecule has 0 atom stereocenters. The van der Waals surface area contributed by atoms with Gasteiger partial charge >= 0.3 is 0 Å². The van der Waals surface area contributed by atoms with E-state index in [1.54, 1.807) is 11.3 Å². The summed E-state index contributed by atoms with van der Waals surface area (Å²) in [4.78, 5) is 10.2. The molecule has 0 amide bonds. The van der Waals surface area contributed by atoms with Crippen LogP contribution in [0.25, 0.3) is 0 Å². The molecule has 0 aliphatic heterocycles. The van der Waals surface area contributed by atoms with Crippen LogP contribution in [0.4, 0.5) is 0 Å². The average Bonchev–Trinajstić information content (AvgIpc) is 2.82. The molecule has 1 saturated carbocycles. The lowest BCUT2D eigenvalue weighted by atomic mass is 9.84. The van der Waals surface area contributed by atoms with E-state index in [1.165, 1.54) is 37.0 Å². The molecule has 2 rings (SSSR count). The number of nitrogens with zero attached hydrogens (tertiary/aromatic N) is 2. The molecule has 2 N–H and O–H groups in total. The van der Waals surface area contributed by atoms with Gasteiger partial charge in [-0.05, 0) is 45.4 Å². The Bertz CT molecular complexity index is 459. The molecular formula is C16H29IN4S. The number of guanidine groups is 1. The Morgan fingerprint density at radius 2 is 1.95 bits per heavy atom. The number of rotatable bonds is 4. The molecule has 1 aromatic heterocycles. The maximum Gasteiger partial charge on any atom is 0.191 e. The van der Waals surface area contributed by atoms with Gasteiger partial charge < -0.3 is 10.6 Å². The minimum Gasteiger partial charge on any atom is -0.354 e. The van der Waals surface area contributed by atoms with Crippen molar-refractivity contribution < 1.29 is 0 Å². The normalized spacial score (nSPS) is 22.1. The van der Waals surface area contributed by atoms with Gasteiger partial charge in [-0.15, -0.1) is 35.3 Å². The summed E-state index contributed by atoms with van der Waals surface area (Å²) in [6.45, 7) is 7.24. The Balaban J connectivity index is 0.00000242. The molecule has 0 unspecified atom stereocenters. The summed E-state index contributed by atoms with van der Waals surface area (Å²) in [5, 5.41) is 8.07. The van der Waals surface area contributed by atoms with Gasteiger partial charge in [-0.3, -0.25) is 4.99 Å². The van der Waals surface area contributed by atoms with Crippen LogP contribution < -0.4 is 10.6 Å². The molecule has 0 radical (unpaired) electrons. The standard InChI is InChI=1S/C16H28N4S.HI/c1-5-13-6-8-14(9-7-13)20-16(17-4)18-10-15-19-11(2)12(3)21-15;/h13-14H,5-10H2,1-4H3,(H2,17,18,20);1H. The summed E-state index contributed by atoms with van der Waals surface area (Å²) in [7, 11) is 1.84. The summed E-state index contributed by atoms with van der Waals surface area (Å²) in [6, 6.07) is 0.568. The molecule has 0 saturated heterocycles. The van der Waals surface area contributed by atoms with E-state index in [0.717, 1.165) is 29.1 Å². The van der Waals surface area contributed by atoms with Gasteiger partial charge in [0.25, 0.3) is 0 Å². The molecule has 126 valence electrons. The first-order valence-corrected chi connectivity index (χ1v) is 8.84. The van der Waals surface area contributed by atoms with E-state index in [1.807, 2.05) is 7.05 Å². The number of halogens is 1. The summed E-state index contributed by atoms with van der Waals surface area (Å²) in [5.41, 5.74) is 1.14. The van der Waals surface area contributed by atoms with E-state index in [9.17, 15) is 0 Å². The zero-order valence-corrected chi connectivity index (χ0v) is 17.3. The Morgan fingerprint density at radius 3 is 2.45 bits per heavy atom. The van der Waals surface area contributed by atoms with E-state index in [4.69, 9.17) is 0 Å². The molecular weight excluding hydrogens is 407 g/mol. The third-order valence-corrected chi connectivity index (χ3v) is 5.54. The lowest BCUT2D eigenvalue weighted by molar-refractivity contribution is 0.304. The topological polar surface area (TPSA) is 49.3 Å². The molecule has 1 fully saturated rings. The van der Waals surface area contributed by atoms with Gasteiger partial charge in [-0.1, -0.05) is 13.3 Å². The first-order chi connectivity index (χ1) is 10.1.